The Hall–Kier alpha value is -1.42. The average molecular weight is 367 g/mol. The van der Waals surface area contributed by atoms with Gasteiger partial charge in [0, 0.05) is 12.5 Å². The van der Waals surface area contributed by atoms with Gasteiger partial charge in [-0.15, -0.1) is 0 Å². The summed E-state index contributed by atoms with van der Waals surface area (Å²) >= 11 is 0. The lowest BCUT2D eigenvalue weighted by atomic mass is 9.92. The topological polar surface area (TPSA) is 87.0 Å². The Labute approximate surface area is 149 Å². The van der Waals surface area contributed by atoms with Gasteiger partial charge in [-0.05, 0) is 18.4 Å². The Bertz CT molecular complexity index is 585. The molecule has 1 aliphatic heterocycles. The highest BCUT2D eigenvalue weighted by molar-refractivity contribution is 7.69. The molecule has 2 rings (SSSR count). The molecule has 2 unspecified atom stereocenters. The third-order valence-corrected chi connectivity index (χ3v) is 7.08. The molecule has 0 bridgehead atoms. The summed E-state index contributed by atoms with van der Waals surface area (Å²) in [4.78, 5) is 33.9. The predicted octanol–water partition coefficient (Wildman–Crippen LogP) is 4.29. The zero-order valence-corrected chi connectivity index (χ0v) is 15.6. The first-order chi connectivity index (χ1) is 12.0. The number of benzene rings is 1. The van der Waals surface area contributed by atoms with Crippen LogP contribution in [0.5, 0.6) is 0 Å². The molecule has 1 aromatic rings. The highest BCUT2D eigenvalue weighted by atomic mass is 31.2. The van der Waals surface area contributed by atoms with E-state index in [1.165, 1.54) is 0 Å². The van der Waals surface area contributed by atoms with Crippen LogP contribution in [0.25, 0.3) is 0 Å². The van der Waals surface area contributed by atoms with Gasteiger partial charge in [0.1, 0.15) is 11.6 Å². The highest BCUT2D eigenvalue weighted by Crippen LogP contribution is 2.67. The maximum Gasteiger partial charge on any atom is 0.341 e. The number of rotatable bonds is 10. The van der Waals surface area contributed by atoms with Gasteiger partial charge >= 0.3 is 13.7 Å². The first-order valence-corrected chi connectivity index (χ1v) is 10.7. The second-order valence-electron chi connectivity index (χ2n) is 6.47. The maximum absolute atomic E-state index is 12.0. The van der Waals surface area contributed by atoms with Crippen molar-refractivity contribution in [3.63, 3.8) is 0 Å². The van der Waals surface area contributed by atoms with E-state index >= 15 is 0 Å². The zero-order valence-electron chi connectivity index (χ0n) is 14.7. The van der Waals surface area contributed by atoms with Crippen LogP contribution in [0.3, 0.4) is 0 Å². The number of carboxylic acid groups (broad SMARTS) is 1. The minimum Gasteiger partial charge on any atom is -0.481 e. The van der Waals surface area contributed by atoms with Crippen LogP contribution >= 0.6 is 7.72 Å². The molecule has 0 fully saturated rings. The number of carbonyl (C=O) groups is 1. The average Bonchev–Trinajstić information content (AvgIpc) is 3.13. The minimum atomic E-state index is -3.67. The van der Waals surface area contributed by atoms with Gasteiger partial charge in [-0.25, -0.2) is 9.79 Å². The third kappa shape index (κ3) is 5.04. The SMILES string of the molecule is CCCCCCC(C(C(=O)O)c1ccccc1)[P+](O)(O)C1=CCCO1. The van der Waals surface area contributed by atoms with Crippen LogP contribution in [-0.4, -0.2) is 33.1 Å². The number of aliphatic carboxylic acids is 1. The van der Waals surface area contributed by atoms with Crippen LogP contribution < -0.4 is 0 Å². The van der Waals surface area contributed by atoms with Crippen molar-refractivity contribution in [1.29, 1.82) is 0 Å². The van der Waals surface area contributed by atoms with Gasteiger partial charge in [-0.1, -0.05) is 56.5 Å². The quantitative estimate of drug-likeness (QED) is 0.424. The molecule has 5 nitrogen and oxygen atoms in total. The molecule has 1 heterocycles. The predicted molar refractivity (Wildman–Crippen MR) is 99.4 cm³/mol. The largest absolute Gasteiger partial charge is 0.481 e. The molecule has 0 amide bonds. The number of carboxylic acids is 1. The molecule has 0 spiro atoms. The summed E-state index contributed by atoms with van der Waals surface area (Å²) in [6.07, 6.45) is 6.61. The molecule has 1 aliphatic rings. The summed E-state index contributed by atoms with van der Waals surface area (Å²) in [5.74, 6) is -1.99. The van der Waals surface area contributed by atoms with Crippen LogP contribution in [0.15, 0.2) is 41.9 Å². The lowest BCUT2D eigenvalue weighted by molar-refractivity contribution is -0.139. The van der Waals surface area contributed by atoms with Gasteiger partial charge in [0.15, 0.2) is 0 Å². The van der Waals surface area contributed by atoms with Crippen molar-refractivity contribution in [3.05, 3.63) is 47.5 Å². The molecule has 0 aliphatic carbocycles. The van der Waals surface area contributed by atoms with E-state index in [0.717, 1.165) is 25.7 Å². The van der Waals surface area contributed by atoms with Crippen LogP contribution in [0.1, 0.15) is 56.9 Å². The molecule has 6 heteroatoms. The van der Waals surface area contributed by atoms with E-state index in [-0.39, 0.29) is 5.50 Å². The summed E-state index contributed by atoms with van der Waals surface area (Å²) in [7, 11) is -3.67. The number of unbranched alkanes of at least 4 members (excludes halogenated alkanes) is 3. The molecular formula is C19H28O5P+. The van der Waals surface area contributed by atoms with Crippen molar-refractivity contribution in [2.45, 2.75) is 57.0 Å². The number of ether oxygens (including phenoxy) is 1. The van der Waals surface area contributed by atoms with E-state index in [4.69, 9.17) is 4.74 Å². The summed E-state index contributed by atoms with van der Waals surface area (Å²) in [5.41, 5.74) is 0.0188. The van der Waals surface area contributed by atoms with Gasteiger partial charge in [-0.3, -0.25) is 4.79 Å². The maximum atomic E-state index is 12.0. The van der Waals surface area contributed by atoms with Crippen molar-refractivity contribution >= 4 is 13.7 Å². The Morgan fingerprint density at radius 1 is 1.20 bits per heavy atom. The Morgan fingerprint density at radius 3 is 2.48 bits per heavy atom. The fraction of sp³-hybridized carbons (Fsp3) is 0.526. The normalized spacial score (nSPS) is 16.8. The molecule has 1 aromatic carbocycles. The Kier molecular flexibility index (Phi) is 7.42. The molecule has 0 aromatic heterocycles. The molecule has 0 radical (unpaired) electrons. The van der Waals surface area contributed by atoms with Crippen LogP contribution in [0, 0.1) is 0 Å². The summed E-state index contributed by atoms with van der Waals surface area (Å²) in [5, 5.41) is 9.84. The molecule has 3 N–H and O–H groups in total. The molecule has 0 saturated heterocycles. The van der Waals surface area contributed by atoms with Crippen LogP contribution in [0.2, 0.25) is 0 Å². The zero-order chi connectivity index (χ0) is 18.3. The van der Waals surface area contributed by atoms with E-state index in [9.17, 15) is 19.7 Å². The van der Waals surface area contributed by atoms with Crippen molar-refractivity contribution in [1.82, 2.24) is 0 Å². The first kappa shape index (κ1) is 19.9. The van der Waals surface area contributed by atoms with E-state index in [1.54, 1.807) is 30.3 Å². The number of hydrogen-bond donors (Lipinski definition) is 3. The van der Waals surface area contributed by atoms with Gasteiger partial charge in [0.2, 0.25) is 0 Å². The van der Waals surface area contributed by atoms with Crippen molar-refractivity contribution < 1.29 is 24.4 Å². The molecule has 138 valence electrons. The fourth-order valence-electron chi connectivity index (χ4n) is 3.32. The second kappa shape index (κ2) is 9.33. The van der Waals surface area contributed by atoms with Crippen molar-refractivity contribution in [2.24, 2.45) is 0 Å². The van der Waals surface area contributed by atoms with E-state index in [0.29, 0.717) is 25.0 Å². The van der Waals surface area contributed by atoms with Crippen LogP contribution in [-0.2, 0) is 9.53 Å². The third-order valence-electron chi connectivity index (χ3n) is 4.64. The van der Waals surface area contributed by atoms with E-state index in [1.807, 2.05) is 6.07 Å². The van der Waals surface area contributed by atoms with Crippen molar-refractivity contribution in [2.75, 3.05) is 6.61 Å². The van der Waals surface area contributed by atoms with Gasteiger partial charge in [-0.2, -0.15) is 0 Å². The summed E-state index contributed by atoms with van der Waals surface area (Å²) in [6.45, 7) is 2.53. The molecule has 2 atom stereocenters. The molecule has 0 saturated carbocycles. The van der Waals surface area contributed by atoms with Crippen molar-refractivity contribution in [3.8, 4) is 0 Å². The van der Waals surface area contributed by atoms with Gasteiger partial charge in [0.25, 0.3) is 5.50 Å². The summed E-state index contributed by atoms with van der Waals surface area (Å²) < 4.78 is 5.41. The highest BCUT2D eigenvalue weighted by Gasteiger charge is 2.56. The van der Waals surface area contributed by atoms with Gasteiger partial charge < -0.3 is 9.84 Å². The lowest BCUT2D eigenvalue weighted by Gasteiger charge is -2.27. The monoisotopic (exact) mass is 367 g/mol. The van der Waals surface area contributed by atoms with E-state index in [2.05, 4.69) is 6.92 Å². The lowest BCUT2D eigenvalue weighted by Crippen LogP contribution is -2.29. The standard InChI is InChI=1S/C19H27O5P/c1-2-3-4-8-12-16(25(22,23)17-13-9-14-24-17)18(19(20)21)15-10-6-5-7-11-15/h5-7,10-11,13,16,18,22-23H,2-4,8-9,12,14H2,1H3/p+1. The second-order valence-corrected chi connectivity index (χ2v) is 8.88. The van der Waals surface area contributed by atoms with Gasteiger partial charge in [0.05, 0.1) is 6.61 Å². The van der Waals surface area contributed by atoms with Crippen LogP contribution in [0.4, 0.5) is 0 Å². The molecular weight excluding hydrogens is 339 g/mol. The Morgan fingerprint density at radius 2 is 1.92 bits per heavy atom. The number of hydrogen-bond acceptors (Lipinski definition) is 4. The minimum absolute atomic E-state index is 0.190. The van der Waals surface area contributed by atoms with E-state index < -0.39 is 25.3 Å². The smallest absolute Gasteiger partial charge is 0.341 e. The molecule has 25 heavy (non-hydrogen) atoms. The Balaban J connectivity index is 2.32. The summed E-state index contributed by atoms with van der Waals surface area (Å²) in [6, 6.07) is 8.85. The fourth-order valence-corrected chi connectivity index (χ4v) is 5.59. The first-order valence-electron chi connectivity index (χ1n) is 8.94.